The fraction of sp³-hybridized carbons (Fsp3) is 0.538. The molecular weight excluding hydrogens is 328 g/mol. The van der Waals surface area contributed by atoms with E-state index in [2.05, 4.69) is 21.2 Å². The number of nitrogens with zero attached hydrogens (tertiary/aromatic N) is 1. The van der Waals surface area contributed by atoms with Gasteiger partial charge >= 0.3 is 0 Å². The number of nitrogens with one attached hydrogen (secondary N) is 1. The van der Waals surface area contributed by atoms with Gasteiger partial charge in [0.05, 0.1) is 16.0 Å². The highest BCUT2D eigenvalue weighted by Gasteiger charge is 2.31. The van der Waals surface area contributed by atoms with Crippen molar-refractivity contribution in [3.8, 4) is 0 Å². The first-order valence-corrected chi connectivity index (χ1v) is 7.23. The van der Waals surface area contributed by atoms with Gasteiger partial charge in [0.15, 0.2) is 0 Å². The summed E-state index contributed by atoms with van der Waals surface area (Å²) in [7, 11) is 0. The molecule has 1 fully saturated rings. The van der Waals surface area contributed by atoms with Crippen molar-refractivity contribution in [3.63, 3.8) is 0 Å². The summed E-state index contributed by atoms with van der Waals surface area (Å²) in [5.74, 6) is 0. The molecule has 1 aliphatic rings. The molecule has 0 spiro atoms. The van der Waals surface area contributed by atoms with E-state index in [-0.39, 0.29) is 17.8 Å². The molecule has 0 radical (unpaired) electrons. The van der Waals surface area contributed by atoms with E-state index >= 15 is 0 Å². The molecule has 1 heterocycles. The lowest BCUT2D eigenvalue weighted by molar-refractivity contribution is -0.385. The standard InChI is InChI=1S/C13H17BrN2O4/c14-12-10(2-1-3-11(12)16(18)19)8-15-13(9-17)4-6-20-7-5-13/h1-3,15,17H,4-9H2. The van der Waals surface area contributed by atoms with Crippen molar-refractivity contribution in [1.82, 2.24) is 5.32 Å². The van der Waals surface area contributed by atoms with Gasteiger partial charge in [0.2, 0.25) is 0 Å². The Bertz CT molecular complexity index is 489. The number of halogens is 1. The highest BCUT2D eigenvalue weighted by atomic mass is 79.9. The van der Waals surface area contributed by atoms with Crippen LogP contribution in [0.3, 0.4) is 0 Å². The Morgan fingerprint density at radius 2 is 2.15 bits per heavy atom. The van der Waals surface area contributed by atoms with Crippen molar-refractivity contribution < 1.29 is 14.8 Å². The molecule has 0 amide bonds. The molecule has 0 aliphatic carbocycles. The van der Waals surface area contributed by atoms with Crippen molar-refractivity contribution in [2.45, 2.75) is 24.9 Å². The molecule has 0 atom stereocenters. The second-order valence-corrected chi connectivity index (χ2v) is 5.70. The highest BCUT2D eigenvalue weighted by Crippen LogP contribution is 2.29. The zero-order chi connectivity index (χ0) is 14.6. The molecule has 110 valence electrons. The van der Waals surface area contributed by atoms with Crippen LogP contribution in [0.4, 0.5) is 5.69 Å². The zero-order valence-electron chi connectivity index (χ0n) is 11.0. The minimum Gasteiger partial charge on any atom is -0.394 e. The van der Waals surface area contributed by atoms with E-state index in [9.17, 15) is 15.2 Å². The smallest absolute Gasteiger partial charge is 0.283 e. The minimum absolute atomic E-state index is 0.0307. The fourth-order valence-electron chi connectivity index (χ4n) is 2.28. The summed E-state index contributed by atoms with van der Waals surface area (Å²) in [5.41, 5.74) is 0.496. The summed E-state index contributed by atoms with van der Waals surface area (Å²) in [6.07, 6.45) is 1.46. The van der Waals surface area contributed by atoms with Crippen LogP contribution in [0.2, 0.25) is 0 Å². The summed E-state index contributed by atoms with van der Waals surface area (Å²) < 4.78 is 5.79. The normalized spacial score (nSPS) is 17.9. The fourth-order valence-corrected chi connectivity index (χ4v) is 2.83. The maximum atomic E-state index is 10.9. The Balaban J connectivity index is 2.10. The summed E-state index contributed by atoms with van der Waals surface area (Å²) in [4.78, 5) is 10.5. The van der Waals surface area contributed by atoms with Crippen LogP contribution in [0.5, 0.6) is 0 Å². The van der Waals surface area contributed by atoms with Gasteiger partial charge in [0.1, 0.15) is 0 Å². The van der Waals surface area contributed by atoms with E-state index < -0.39 is 4.92 Å². The topological polar surface area (TPSA) is 84.6 Å². The van der Waals surface area contributed by atoms with E-state index in [0.29, 0.717) is 24.2 Å². The number of ether oxygens (including phenoxy) is 1. The summed E-state index contributed by atoms with van der Waals surface area (Å²) >= 11 is 3.28. The summed E-state index contributed by atoms with van der Waals surface area (Å²) in [6, 6.07) is 4.95. The number of benzene rings is 1. The summed E-state index contributed by atoms with van der Waals surface area (Å²) in [5, 5.41) is 23.8. The maximum Gasteiger partial charge on any atom is 0.283 e. The molecule has 1 aromatic carbocycles. The first kappa shape index (κ1) is 15.4. The first-order valence-electron chi connectivity index (χ1n) is 6.43. The molecule has 1 aliphatic heterocycles. The van der Waals surface area contributed by atoms with Gasteiger partial charge in [0, 0.05) is 31.4 Å². The van der Waals surface area contributed by atoms with Gasteiger partial charge in [-0.25, -0.2) is 0 Å². The Labute approximate surface area is 125 Å². The van der Waals surface area contributed by atoms with E-state index in [1.54, 1.807) is 6.07 Å². The van der Waals surface area contributed by atoms with Crippen LogP contribution in [0.1, 0.15) is 18.4 Å². The SMILES string of the molecule is O=[N+]([O-])c1cccc(CNC2(CO)CCOCC2)c1Br. The van der Waals surface area contributed by atoms with E-state index in [0.717, 1.165) is 18.4 Å². The first-order chi connectivity index (χ1) is 9.58. The van der Waals surface area contributed by atoms with Gasteiger partial charge in [-0.05, 0) is 34.3 Å². The van der Waals surface area contributed by atoms with Crippen molar-refractivity contribution in [2.24, 2.45) is 0 Å². The molecule has 0 saturated carbocycles. The van der Waals surface area contributed by atoms with E-state index in [1.165, 1.54) is 6.07 Å². The number of nitro benzene ring substituents is 1. The highest BCUT2D eigenvalue weighted by molar-refractivity contribution is 9.10. The van der Waals surface area contributed by atoms with Crippen molar-refractivity contribution in [2.75, 3.05) is 19.8 Å². The van der Waals surface area contributed by atoms with Crippen LogP contribution in [-0.2, 0) is 11.3 Å². The van der Waals surface area contributed by atoms with Crippen molar-refractivity contribution in [1.29, 1.82) is 0 Å². The molecule has 1 aromatic rings. The molecule has 2 rings (SSSR count). The molecule has 7 heteroatoms. The number of hydrogen-bond donors (Lipinski definition) is 2. The van der Waals surface area contributed by atoms with Gasteiger partial charge < -0.3 is 15.2 Å². The third-order valence-electron chi connectivity index (χ3n) is 3.66. The average Bonchev–Trinajstić information content (AvgIpc) is 2.47. The molecule has 1 saturated heterocycles. The third kappa shape index (κ3) is 3.35. The maximum absolute atomic E-state index is 10.9. The van der Waals surface area contributed by atoms with Gasteiger partial charge in [-0.1, -0.05) is 12.1 Å². The second-order valence-electron chi connectivity index (χ2n) is 4.91. The van der Waals surface area contributed by atoms with E-state index in [1.807, 2.05) is 6.07 Å². The van der Waals surface area contributed by atoms with Crippen molar-refractivity contribution >= 4 is 21.6 Å². The third-order valence-corrected chi connectivity index (χ3v) is 4.58. The lowest BCUT2D eigenvalue weighted by Crippen LogP contribution is -2.51. The number of aliphatic hydroxyl groups excluding tert-OH is 1. The largest absolute Gasteiger partial charge is 0.394 e. The van der Waals surface area contributed by atoms with Gasteiger partial charge in [-0.3, -0.25) is 10.1 Å². The quantitative estimate of drug-likeness (QED) is 0.630. The average molecular weight is 345 g/mol. The number of nitro groups is 1. The van der Waals surface area contributed by atoms with Gasteiger partial charge in [-0.15, -0.1) is 0 Å². The molecule has 0 unspecified atom stereocenters. The Morgan fingerprint density at radius 3 is 2.75 bits per heavy atom. The van der Waals surface area contributed by atoms with Gasteiger partial charge in [-0.2, -0.15) is 0 Å². The monoisotopic (exact) mass is 344 g/mol. The predicted octanol–water partition coefficient (Wildman–Crippen LogP) is 1.99. The van der Waals surface area contributed by atoms with Crippen LogP contribution in [0.15, 0.2) is 22.7 Å². The van der Waals surface area contributed by atoms with Gasteiger partial charge in [0.25, 0.3) is 5.69 Å². The van der Waals surface area contributed by atoms with Crippen LogP contribution in [-0.4, -0.2) is 35.4 Å². The second kappa shape index (κ2) is 6.62. The van der Waals surface area contributed by atoms with Crippen LogP contribution >= 0.6 is 15.9 Å². The van der Waals surface area contributed by atoms with Crippen molar-refractivity contribution in [3.05, 3.63) is 38.3 Å². The molecule has 2 N–H and O–H groups in total. The molecule has 20 heavy (non-hydrogen) atoms. The molecule has 0 bridgehead atoms. The number of aliphatic hydroxyl groups is 1. The number of rotatable bonds is 5. The van der Waals surface area contributed by atoms with Crippen LogP contribution in [0.25, 0.3) is 0 Å². The predicted molar refractivity (Wildman–Crippen MR) is 77.5 cm³/mol. The minimum atomic E-state index is -0.413. The van der Waals surface area contributed by atoms with Crippen LogP contribution in [0, 0.1) is 10.1 Å². The summed E-state index contributed by atoms with van der Waals surface area (Å²) in [6.45, 7) is 1.72. The van der Waals surface area contributed by atoms with Crippen LogP contribution < -0.4 is 5.32 Å². The Hall–Kier alpha value is -1.02. The molecule has 6 nitrogen and oxygen atoms in total. The molecule has 0 aromatic heterocycles. The van der Waals surface area contributed by atoms with E-state index in [4.69, 9.17) is 4.74 Å². The Morgan fingerprint density at radius 1 is 1.45 bits per heavy atom. The zero-order valence-corrected chi connectivity index (χ0v) is 12.6. The Kier molecular flexibility index (Phi) is 5.09. The lowest BCUT2D eigenvalue weighted by Gasteiger charge is -2.36. The lowest BCUT2D eigenvalue weighted by atomic mass is 9.90. The number of hydrogen-bond acceptors (Lipinski definition) is 5. The molecular formula is C13H17BrN2O4.